The summed E-state index contributed by atoms with van der Waals surface area (Å²) in [5.41, 5.74) is 6.49. The highest BCUT2D eigenvalue weighted by Crippen LogP contribution is 2.12. The molecule has 0 spiro atoms. The highest BCUT2D eigenvalue weighted by Gasteiger charge is 2.20. The molecule has 0 aliphatic rings. The molecular formula is C28H49N3O3. The molecule has 6 nitrogen and oxygen atoms in total. The van der Waals surface area contributed by atoms with Gasteiger partial charge >= 0.3 is 6.09 Å². The molecule has 194 valence electrons. The van der Waals surface area contributed by atoms with E-state index in [0.29, 0.717) is 19.5 Å². The summed E-state index contributed by atoms with van der Waals surface area (Å²) in [6.07, 6.45) is 17.1. The molecule has 1 rings (SSSR count). The lowest BCUT2D eigenvalue weighted by molar-refractivity contribution is -0.123. The summed E-state index contributed by atoms with van der Waals surface area (Å²) in [5, 5.41) is 5.71. The number of alkyl carbamates (subject to hydrolysis) is 1. The maximum absolute atomic E-state index is 12.6. The normalized spacial score (nSPS) is 11.7. The van der Waals surface area contributed by atoms with Crippen molar-refractivity contribution in [3.63, 3.8) is 0 Å². The molecule has 0 saturated carbocycles. The Hall–Kier alpha value is -2.08. The van der Waals surface area contributed by atoms with Gasteiger partial charge in [0.15, 0.2) is 0 Å². The van der Waals surface area contributed by atoms with E-state index in [-0.39, 0.29) is 12.5 Å². The second-order valence-electron chi connectivity index (χ2n) is 9.22. The summed E-state index contributed by atoms with van der Waals surface area (Å²) >= 11 is 0. The van der Waals surface area contributed by atoms with E-state index >= 15 is 0 Å². The first-order valence-corrected chi connectivity index (χ1v) is 13.6. The monoisotopic (exact) mass is 475 g/mol. The third-order valence-corrected chi connectivity index (χ3v) is 6.10. The molecule has 0 fully saturated rings. The largest absolute Gasteiger partial charge is 0.445 e. The maximum atomic E-state index is 12.6. The number of carbonyl (C=O) groups excluding carboxylic acids is 2. The lowest BCUT2D eigenvalue weighted by atomic mass is 10.1. The molecule has 4 N–H and O–H groups in total. The number of ether oxygens (including phenoxy) is 1. The van der Waals surface area contributed by atoms with E-state index in [2.05, 4.69) is 17.6 Å². The van der Waals surface area contributed by atoms with Gasteiger partial charge < -0.3 is 21.1 Å². The quantitative estimate of drug-likeness (QED) is 0.184. The first kappa shape index (κ1) is 30.0. The number of nitrogens with two attached hydrogens (primary N) is 1. The van der Waals surface area contributed by atoms with Crippen LogP contribution in [0.1, 0.15) is 109 Å². The third kappa shape index (κ3) is 16.5. The van der Waals surface area contributed by atoms with E-state index in [1.807, 2.05) is 30.3 Å². The van der Waals surface area contributed by atoms with E-state index in [0.717, 1.165) is 31.2 Å². The van der Waals surface area contributed by atoms with E-state index in [1.54, 1.807) is 0 Å². The van der Waals surface area contributed by atoms with Crippen molar-refractivity contribution in [3.05, 3.63) is 35.9 Å². The molecule has 34 heavy (non-hydrogen) atoms. The van der Waals surface area contributed by atoms with Gasteiger partial charge in [0.05, 0.1) is 0 Å². The van der Waals surface area contributed by atoms with Gasteiger partial charge in [-0.05, 0) is 37.8 Å². The van der Waals surface area contributed by atoms with Crippen LogP contribution >= 0.6 is 0 Å². The molecule has 2 amide bonds. The van der Waals surface area contributed by atoms with Crippen LogP contribution in [0.2, 0.25) is 0 Å². The van der Waals surface area contributed by atoms with Gasteiger partial charge in [-0.25, -0.2) is 4.79 Å². The number of amides is 2. The first-order chi connectivity index (χ1) is 16.7. The Labute approximate surface area is 207 Å². The predicted octanol–water partition coefficient (Wildman–Crippen LogP) is 6.23. The number of unbranched alkanes of at least 4 members (excludes halogenated alkanes) is 12. The number of hydrogen-bond acceptors (Lipinski definition) is 4. The number of rotatable bonds is 21. The Bertz CT molecular complexity index is 625. The van der Waals surface area contributed by atoms with Crippen molar-refractivity contribution in [1.29, 1.82) is 0 Å². The smallest absolute Gasteiger partial charge is 0.408 e. The van der Waals surface area contributed by atoms with Gasteiger partial charge in [0.1, 0.15) is 12.6 Å². The van der Waals surface area contributed by atoms with Crippen molar-refractivity contribution in [3.8, 4) is 0 Å². The standard InChI is InChI=1S/C28H49N3O3/c1-2-3-4-5-6-7-8-9-10-11-12-18-23-30-27(32)26(21-16-17-22-29)31-28(33)34-24-25-19-14-13-15-20-25/h13-15,19-20,26H,2-12,16-18,21-24,29H2,1H3,(H,30,32)(H,31,33). The fourth-order valence-corrected chi connectivity index (χ4v) is 3.97. The van der Waals surface area contributed by atoms with Crippen molar-refractivity contribution in [2.24, 2.45) is 5.73 Å². The summed E-state index contributed by atoms with van der Waals surface area (Å²) in [4.78, 5) is 24.9. The third-order valence-electron chi connectivity index (χ3n) is 6.10. The van der Waals surface area contributed by atoms with Crippen molar-refractivity contribution in [2.75, 3.05) is 13.1 Å². The molecule has 0 bridgehead atoms. The van der Waals surface area contributed by atoms with Gasteiger partial charge in [-0.15, -0.1) is 0 Å². The number of nitrogens with one attached hydrogen (secondary N) is 2. The van der Waals surface area contributed by atoms with Gasteiger partial charge in [0.2, 0.25) is 5.91 Å². The second kappa shape index (κ2) is 21.5. The van der Waals surface area contributed by atoms with Crippen LogP contribution in [-0.4, -0.2) is 31.1 Å². The molecule has 0 heterocycles. The molecule has 1 unspecified atom stereocenters. The minimum atomic E-state index is -0.591. The molecule has 1 aromatic carbocycles. The van der Waals surface area contributed by atoms with Crippen LogP contribution in [0, 0.1) is 0 Å². The van der Waals surface area contributed by atoms with Crippen LogP contribution in [0.25, 0.3) is 0 Å². The topological polar surface area (TPSA) is 93.5 Å². The fraction of sp³-hybridized carbons (Fsp3) is 0.714. The number of carbonyl (C=O) groups is 2. The zero-order chi connectivity index (χ0) is 24.7. The SMILES string of the molecule is CCCCCCCCCCCCCCNC(=O)C(CCCCN)NC(=O)OCc1ccccc1. The summed E-state index contributed by atoms with van der Waals surface area (Å²) in [5.74, 6) is -0.142. The van der Waals surface area contributed by atoms with Gasteiger partial charge in [-0.2, -0.15) is 0 Å². The van der Waals surface area contributed by atoms with Crippen LogP contribution in [0.3, 0.4) is 0 Å². The maximum Gasteiger partial charge on any atom is 0.408 e. The van der Waals surface area contributed by atoms with Crippen LogP contribution in [-0.2, 0) is 16.1 Å². The Kier molecular flexibility index (Phi) is 18.9. The van der Waals surface area contributed by atoms with Crippen LogP contribution in [0.4, 0.5) is 4.79 Å². The van der Waals surface area contributed by atoms with E-state index < -0.39 is 12.1 Å². The highest BCUT2D eigenvalue weighted by atomic mass is 16.5. The minimum absolute atomic E-state index is 0.142. The average molecular weight is 476 g/mol. The Morgan fingerprint density at radius 2 is 1.41 bits per heavy atom. The van der Waals surface area contributed by atoms with Gasteiger partial charge in [-0.1, -0.05) is 108 Å². The van der Waals surface area contributed by atoms with Gasteiger partial charge in [0, 0.05) is 6.54 Å². The Balaban J connectivity index is 2.16. The molecule has 6 heteroatoms. The molecular weight excluding hydrogens is 426 g/mol. The summed E-state index contributed by atoms with van der Waals surface area (Å²) in [7, 11) is 0. The Morgan fingerprint density at radius 3 is 2.00 bits per heavy atom. The summed E-state index contributed by atoms with van der Waals surface area (Å²) in [6.45, 7) is 3.66. The molecule has 0 aromatic heterocycles. The molecule has 0 saturated heterocycles. The Morgan fingerprint density at radius 1 is 0.824 bits per heavy atom. The van der Waals surface area contributed by atoms with E-state index in [9.17, 15) is 9.59 Å². The van der Waals surface area contributed by atoms with Gasteiger partial charge in [0.25, 0.3) is 0 Å². The first-order valence-electron chi connectivity index (χ1n) is 13.6. The number of hydrogen-bond donors (Lipinski definition) is 3. The minimum Gasteiger partial charge on any atom is -0.445 e. The van der Waals surface area contributed by atoms with Crippen LogP contribution in [0.15, 0.2) is 30.3 Å². The predicted molar refractivity (Wildman–Crippen MR) is 141 cm³/mol. The second-order valence-corrected chi connectivity index (χ2v) is 9.22. The van der Waals surface area contributed by atoms with Crippen molar-refractivity contribution >= 4 is 12.0 Å². The fourth-order valence-electron chi connectivity index (χ4n) is 3.97. The molecule has 0 aliphatic carbocycles. The zero-order valence-electron chi connectivity index (χ0n) is 21.5. The highest BCUT2D eigenvalue weighted by molar-refractivity contribution is 5.85. The summed E-state index contributed by atoms with van der Waals surface area (Å²) < 4.78 is 5.28. The summed E-state index contributed by atoms with van der Waals surface area (Å²) in [6, 6.07) is 8.91. The van der Waals surface area contributed by atoms with Crippen molar-refractivity contribution in [1.82, 2.24) is 10.6 Å². The van der Waals surface area contributed by atoms with Crippen LogP contribution < -0.4 is 16.4 Å². The van der Waals surface area contributed by atoms with Crippen molar-refractivity contribution < 1.29 is 14.3 Å². The number of benzene rings is 1. The molecule has 1 atom stereocenters. The lowest BCUT2D eigenvalue weighted by Gasteiger charge is -2.18. The lowest BCUT2D eigenvalue weighted by Crippen LogP contribution is -2.47. The molecule has 0 aliphatic heterocycles. The molecule has 1 aromatic rings. The zero-order valence-corrected chi connectivity index (χ0v) is 21.5. The van der Waals surface area contributed by atoms with Crippen LogP contribution in [0.5, 0.6) is 0 Å². The van der Waals surface area contributed by atoms with Gasteiger partial charge in [-0.3, -0.25) is 4.79 Å². The van der Waals surface area contributed by atoms with E-state index in [4.69, 9.17) is 10.5 Å². The molecule has 0 radical (unpaired) electrons. The van der Waals surface area contributed by atoms with Crippen molar-refractivity contribution in [2.45, 2.75) is 116 Å². The van der Waals surface area contributed by atoms with E-state index in [1.165, 1.54) is 64.2 Å². The average Bonchev–Trinajstić information content (AvgIpc) is 2.85.